The van der Waals surface area contributed by atoms with Gasteiger partial charge in [0.1, 0.15) is 17.4 Å². The van der Waals surface area contributed by atoms with Gasteiger partial charge in [0.15, 0.2) is 11.2 Å². The quantitative estimate of drug-likeness (QED) is 0.357. The van der Waals surface area contributed by atoms with Gasteiger partial charge in [-0.1, -0.05) is 18.2 Å². The van der Waals surface area contributed by atoms with Crippen LogP contribution in [0.25, 0.3) is 0 Å². The SMILES string of the molecule is CCOC(=O)[C@@H]1[C@@H](C(=O)OC)c2sccc2C(=O)[C@@]12C(=O)N(C(=O)OC(C)(C)C)c1ccccc12. The van der Waals surface area contributed by atoms with Crippen LogP contribution >= 0.6 is 11.3 Å². The van der Waals surface area contributed by atoms with E-state index < -0.39 is 52.6 Å². The summed E-state index contributed by atoms with van der Waals surface area (Å²) in [6.07, 6.45) is -0.993. The summed E-state index contributed by atoms with van der Waals surface area (Å²) >= 11 is 1.11. The molecular weight excluding hydrogens is 474 g/mol. The number of hydrogen-bond acceptors (Lipinski definition) is 9. The van der Waals surface area contributed by atoms with Crippen molar-refractivity contribution in [3.05, 3.63) is 51.7 Å². The fraction of sp³-hybridized carbons (Fsp3) is 0.400. The van der Waals surface area contributed by atoms with E-state index in [0.717, 1.165) is 16.2 Å². The van der Waals surface area contributed by atoms with E-state index in [1.54, 1.807) is 45.2 Å². The Balaban J connectivity index is 2.04. The maximum absolute atomic E-state index is 14.2. The summed E-state index contributed by atoms with van der Waals surface area (Å²) in [6.45, 7) is 6.47. The van der Waals surface area contributed by atoms with Crippen LogP contribution in [0.3, 0.4) is 0 Å². The van der Waals surface area contributed by atoms with Gasteiger partial charge in [-0.25, -0.2) is 9.69 Å². The van der Waals surface area contributed by atoms with Gasteiger partial charge >= 0.3 is 18.0 Å². The van der Waals surface area contributed by atoms with E-state index in [0.29, 0.717) is 4.88 Å². The minimum absolute atomic E-state index is 0.0452. The highest BCUT2D eigenvalue weighted by molar-refractivity contribution is 7.10. The number of Topliss-reactive ketones (excluding diaryl/α,β-unsaturated/α-hetero) is 1. The first-order chi connectivity index (χ1) is 16.5. The number of para-hydroxylation sites is 1. The Labute approximate surface area is 205 Å². The lowest BCUT2D eigenvalue weighted by molar-refractivity contribution is -0.159. The molecule has 1 aliphatic heterocycles. The number of carbonyl (C=O) groups is 5. The number of thiophene rings is 1. The maximum atomic E-state index is 14.2. The number of amides is 2. The van der Waals surface area contributed by atoms with Gasteiger partial charge in [-0.2, -0.15) is 0 Å². The van der Waals surface area contributed by atoms with E-state index >= 15 is 0 Å². The number of ketones is 1. The molecule has 4 rings (SSSR count). The van der Waals surface area contributed by atoms with Crippen molar-refractivity contribution in [3.63, 3.8) is 0 Å². The molecule has 0 saturated heterocycles. The fourth-order valence-electron chi connectivity index (χ4n) is 4.83. The number of esters is 2. The number of anilines is 1. The molecule has 0 saturated carbocycles. The number of rotatable bonds is 3. The Kier molecular flexibility index (Phi) is 6.04. The minimum Gasteiger partial charge on any atom is -0.469 e. The fourth-order valence-corrected chi connectivity index (χ4v) is 5.85. The van der Waals surface area contributed by atoms with Crippen molar-refractivity contribution in [3.8, 4) is 0 Å². The zero-order valence-corrected chi connectivity index (χ0v) is 20.8. The van der Waals surface area contributed by atoms with Gasteiger partial charge in [-0.05, 0) is 45.2 Å². The molecule has 9 nitrogen and oxygen atoms in total. The van der Waals surface area contributed by atoms with Crippen LogP contribution in [-0.2, 0) is 34.0 Å². The lowest BCUT2D eigenvalue weighted by Gasteiger charge is -2.40. The zero-order valence-electron chi connectivity index (χ0n) is 19.9. The van der Waals surface area contributed by atoms with Crippen molar-refractivity contribution in [2.24, 2.45) is 5.92 Å². The predicted octanol–water partition coefficient (Wildman–Crippen LogP) is 3.60. The Bertz CT molecular complexity index is 1240. The van der Waals surface area contributed by atoms with Crippen molar-refractivity contribution in [2.45, 2.75) is 44.6 Å². The number of benzene rings is 1. The summed E-state index contributed by atoms with van der Waals surface area (Å²) in [5.41, 5.74) is -2.79. The Morgan fingerprint density at radius 1 is 1.09 bits per heavy atom. The van der Waals surface area contributed by atoms with Crippen LogP contribution < -0.4 is 4.90 Å². The van der Waals surface area contributed by atoms with Gasteiger partial charge in [-0.15, -0.1) is 11.3 Å². The maximum Gasteiger partial charge on any atom is 0.421 e. The molecule has 0 radical (unpaired) electrons. The van der Waals surface area contributed by atoms with Crippen LogP contribution in [0.2, 0.25) is 0 Å². The monoisotopic (exact) mass is 499 g/mol. The van der Waals surface area contributed by atoms with Gasteiger partial charge in [0.05, 0.1) is 19.4 Å². The third-order valence-corrected chi connectivity index (χ3v) is 7.06. The molecular formula is C25H25NO8S. The number of imide groups is 1. The lowest BCUT2D eigenvalue weighted by Crippen LogP contribution is -2.60. The summed E-state index contributed by atoms with van der Waals surface area (Å²) in [4.78, 5) is 69.2. The molecule has 10 heteroatoms. The topological polar surface area (TPSA) is 116 Å². The van der Waals surface area contributed by atoms with E-state index in [-0.39, 0.29) is 23.4 Å². The third kappa shape index (κ3) is 3.54. The number of ether oxygens (including phenoxy) is 3. The second kappa shape index (κ2) is 8.60. The van der Waals surface area contributed by atoms with Gasteiger partial charge in [0, 0.05) is 16.0 Å². The van der Waals surface area contributed by atoms with Gasteiger partial charge in [0.25, 0.3) is 5.91 Å². The first-order valence-corrected chi connectivity index (χ1v) is 11.9. The highest BCUT2D eigenvalue weighted by Gasteiger charge is 2.70. The summed E-state index contributed by atoms with van der Waals surface area (Å²) in [5.74, 6) is -6.24. The molecule has 2 heterocycles. The van der Waals surface area contributed by atoms with Crippen LogP contribution in [0.15, 0.2) is 35.7 Å². The normalized spacial score (nSPS) is 23.1. The van der Waals surface area contributed by atoms with Crippen LogP contribution in [0.5, 0.6) is 0 Å². The summed E-state index contributed by atoms with van der Waals surface area (Å²) in [7, 11) is 1.17. The van der Waals surface area contributed by atoms with Crippen molar-refractivity contribution < 1.29 is 38.2 Å². The molecule has 2 amide bonds. The van der Waals surface area contributed by atoms with E-state index in [2.05, 4.69) is 0 Å². The zero-order chi connectivity index (χ0) is 25.7. The molecule has 2 aromatic rings. The van der Waals surface area contributed by atoms with E-state index in [1.165, 1.54) is 25.3 Å². The largest absolute Gasteiger partial charge is 0.469 e. The molecule has 3 atom stereocenters. The number of methoxy groups -OCH3 is 1. The lowest BCUT2D eigenvalue weighted by atomic mass is 9.58. The molecule has 0 fully saturated rings. The molecule has 1 spiro atoms. The smallest absolute Gasteiger partial charge is 0.421 e. The van der Waals surface area contributed by atoms with E-state index in [4.69, 9.17) is 14.2 Å². The van der Waals surface area contributed by atoms with Gasteiger partial charge in [0.2, 0.25) is 0 Å². The molecule has 0 N–H and O–H groups in total. The summed E-state index contributed by atoms with van der Waals surface area (Å²) in [5, 5.41) is 1.61. The molecule has 1 aromatic carbocycles. The minimum atomic E-state index is -2.22. The van der Waals surface area contributed by atoms with Crippen molar-refractivity contribution in [1.82, 2.24) is 0 Å². The first-order valence-electron chi connectivity index (χ1n) is 11.0. The van der Waals surface area contributed by atoms with Gasteiger partial charge < -0.3 is 14.2 Å². The van der Waals surface area contributed by atoms with Crippen molar-refractivity contribution in [1.29, 1.82) is 0 Å². The van der Waals surface area contributed by atoms with Crippen LogP contribution in [0.4, 0.5) is 10.5 Å². The molecule has 0 bridgehead atoms. The standard InChI is InChI=1S/C25H25NO8S/c1-6-33-21(29)17-16(20(28)32-5)18-13(11-12-35-18)19(27)25(17)14-9-7-8-10-15(14)26(22(25)30)23(31)34-24(2,3)4/h7-12,16-17H,6H2,1-5H3/t16-,17+,25+/m1/s1. The first kappa shape index (κ1) is 24.6. The summed E-state index contributed by atoms with van der Waals surface area (Å²) in [6, 6.07) is 7.71. The molecule has 1 aromatic heterocycles. The molecule has 1 aliphatic carbocycles. The molecule has 35 heavy (non-hydrogen) atoms. The molecule has 2 aliphatic rings. The second-order valence-corrected chi connectivity index (χ2v) is 10.2. The highest BCUT2D eigenvalue weighted by Crippen LogP contribution is 2.57. The Hall–Kier alpha value is -3.53. The average molecular weight is 500 g/mol. The van der Waals surface area contributed by atoms with E-state index in [1.807, 2.05) is 0 Å². The predicted molar refractivity (Wildman–Crippen MR) is 125 cm³/mol. The Morgan fingerprint density at radius 2 is 1.77 bits per heavy atom. The second-order valence-electron chi connectivity index (χ2n) is 9.20. The average Bonchev–Trinajstić information content (AvgIpc) is 3.37. The number of hydrogen-bond donors (Lipinski definition) is 0. The highest BCUT2D eigenvalue weighted by atomic mass is 32.1. The number of nitrogens with zero attached hydrogens (tertiary/aromatic N) is 1. The van der Waals surface area contributed by atoms with Crippen LogP contribution in [-0.4, -0.2) is 49.0 Å². The van der Waals surface area contributed by atoms with Crippen LogP contribution in [0.1, 0.15) is 54.4 Å². The molecule has 0 unspecified atom stereocenters. The van der Waals surface area contributed by atoms with Crippen LogP contribution in [0, 0.1) is 5.92 Å². The van der Waals surface area contributed by atoms with E-state index in [9.17, 15) is 24.0 Å². The number of carbonyl (C=O) groups excluding carboxylic acids is 5. The van der Waals surface area contributed by atoms with Gasteiger partial charge in [-0.3, -0.25) is 19.2 Å². The number of fused-ring (bicyclic) bond motifs is 3. The molecule has 184 valence electrons. The van der Waals surface area contributed by atoms with Crippen molar-refractivity contribution in [2.75, 3.05) is 18.6 Å². The summed E-state index contributed by atoms with van der Waals surface area (Å²) < 4.78 is 15.8. The third-order valence-electron chi connectivity index (χ3n) is 6.06. The Morgan fingerprint density at radius 3 is 2.40 bits per heavy atom. The van der Waals surface area contributed by atoms with Crippen molar-refractivity contribution >= 4 is 46.7 Å².